The van der Waals surface area contributed by atoms with Gasteiger partial charge in [-0.05, 0) is 87.9 Å². The number of rotatable bonds is 3. The first-order chi connectivity index (χ1) is 21.1. The standard InChI is InChI=1S/C32H38ClFN6O4/c1-31-8-4-11-39(18-31)28-23-17-38(2)27(22-15-20(41)16-24(33)21(22)7-3-14-43-30(42)37-31)25(34)26(23)35-29(36-28)44-19-32-9-5-12-40(32)13-6-10-32/h3,7,15-17,27,41H,4-6,8-14,18-19H2,1-2H3,(H,37,42)/b7-3-/t27?,31-/m1/s1. The molecular weight excluding hydrogens is 587 g/mol. The highest BCUT2D eigenvalue weighted by atomic mass is 35.5. The molecular formula is C32H38ClFN6O4. The summed E-state index contributed by atoms with van der Waals surface area (Å²) in [6.45, 7) is 5.68. The first-order valence-corrected chi connectivity index (χ1v) is 15.8. The lowest BCUT2D eigenvalue weighted by Crippen LogP contribution is -2.58. The Bertz CT molecular complexity index is 1640. The van der Waals surface area contributed by atoms with E-state index in [1.807, 2.05) is 13.1 Å². The summed E-state index contributed by atoms with van der Waals surface area (Å²) in [6, 6.07) is 2.12. The van der Waals surface area contributed by atoms with Crippen molar-refractivity contribution in [2.45, 2.75) is 62.6 Å². The van der Waals surface area contributed by atoms with E-state index in [0.29, 0.717) is 41.9 Å². The number of ether oxygens (including phenoxy) is 2. The van der Waals surface area contributed by atoms with Gasteiger partial charge in [0.1, 0.15) is 36.2 Å². The number of halogens is 2. The van der Waals surface area contributed by atoms with Gasteiger partial charge in [-0.1, -0.05) is 17.7 Å². The van der Waals surface area contributed by atoms with Gasteiger partial charge in [0.2, 0.25) is 0 Å². The van der Waals surface area contributed by atoms with Crippen molar-refractivity contribution in [3.63, 3.8) is 0 Å². The third kappa shape index (κ3) is 5.13. The van der Waals surface area contributed by atoms with Crippen molar-refractivity contribution < 1.29 is 23.8 Å². The molecule has 6 bridgehead atoms. The average molecular weight is 625 g/mol. The van der Waals surface area contributed by atoms with Gasteiger partial charge >= 0.3 is 12.1 Å². The summed E-state index contributed by atoms with van der Waals surface area (Å²) in [5, 5.41) is 14.5. The molecule has 0 aliphatic carbocycles. The van der Waals surface area contributed by atoms with E-state index in [1.165, 1.54) is 12.1 Å². The summed E-state index contributed by atoms with van der Waals surface area (Å²) in [6.07, 6.45) is 10.6. The fourth-order valence-electron chi connectivity index (χ4n) is 7.77. The molecule has 8 rings (SSSR count). The first kappa shape index (κ1) is 29.2. The van der Waals surface area contributed by atoms with E-state index in [-0.39, 0.29) is 34.3 Å². The number of carbonyl (C=O) groups is 1. The van der Waals surface area contributed by atoms with Gasteiger partial charge in [-0.25, -0.2) is 9.18 Å². The van der Waals surface area contributed by atoms with Crippen LogP contribution in [0.5, 0.6) is 11.8 Å². The second-order valence-corrected chi connectivity index (χ2v) is 13.4. The molecule has 44 heavy (non-hydrogen) atoms. The van der Waals surface area contributed by atoms with Crippen LogP contribution < -0.4 is 25.5 Å². The number of phenols is 1. The zero-order chi connectivity index (χ0) is 30.6. The number of aromatic hydroxyl groups is 1. The van der Waals surface area contributed by atoms with E-state index in [4.69, 9.17) is 31.0 Å². The zero-order valence-electron chi connectivity index (χ0n) is 25.1. The summed E-state index contributed by atoms with van der Waals surface area (Å²) in [4.78, 5) is 28.8. The van der Waals surface area contributed by atoms with Crippen molar-refractivity contribution in [1.82, 2.24) is 25.1 Å². The number of benzene rings is 1. The Balaban J connectivity index is 1.40. The van der Waals surface area contributed by atoms with Gasteiger partial charge in [-0.3, -0.25) is 4.90 Å². The van der Waals surface area contributed by atoms with E-state index < -0.39 is 23.5 Å². The lowest BCUT2D eigenvalue weighted by Gasteiger charge is -2.41. The predicted molar refractivity (Wildman–Crippen MR) is 166 cm³/mol. The van der Waals surface area contributed by atoms with Crippen molar-refractivity contribution in [2.75, 3.05) is 51.3 Å². The third-order valence-corrected chi connectivity index (χ3v) is 10.1. The van der Waals surface area contributed by atoms with Crippen LogP contribution in [0.3, 0.4) is 0 Å². The first-order valence-electron chi connectivity index (χ1n) is 15.4. The number of carbonyl (C=O) groups excluding carboxylic acids is 1. The maximum Gasteiger partial charge on any atom is 0.407 e. The van der Waals surface area contributed by atoms with E-state index in [9.17, 15) is 9.90 Å². The van der Waals surface area contributed by atoms with Gasteiger partial charge in [0.05, 0.1) is 21.3 Å². The molecule has 234 valence electrons. The number of hydrogen-bond acceptors (Lipinski definition) is 9. The minimum atomic E-state index is -0.926. The monoisotopic (exact) mass is 624 g/mol. The Hall–Kier alpha value is -3.57. The fraction of sp³-hybridized carbons (Fsp3) is 0.531. The Morgan fingerprint density at radius 2 is 1.95 bits per heavy atom. The van der Waals surface area contributed by atoms with Crippen molar-refractivity contribution in [3.8, 4) is 11.8 Å². The molecule has 10 nitrogen and oxygen atoms in total. The quantitative estimate of drug-likeness (QED) is 0.532. The number of amides is 1. The SMILES string of the molecule is CN1C=c2c3nc(OCC45CCCN4CCC5)nc2=C(F)C1c1cc(O)cc(Cl)c1/C=C\COC(=O)N[C@]1(C)CCCN3C1. The van der Waals surface area contributed by atoms with E-state index in [0.717, 1.165) is 51.6 Å². The van der Waals surface area contributed by atoms with Crippen LogP contribution in [0, 0.1) is 0 Å². The Morgan fingerprint density at radius 1 is 1.18 bits per heavy atom. The molecule has 3 saturated heterocycles. The molecule has 2 aromatic rings. The van der Waals surface area contributed by atoms with Gasteiger partial charge in [0.25, 0.3) is 0 Å². The van der Waals surface area contributed by atoms with Crippen molar-refractivity contribution in [3.05, 3.63) is 44.9 Å². The molecule has 0 radical (unpaired) electrons. The molecule has 1 amide bonds. The van der Waals surface area contributed by atoms with Crippen LogP contribution in [0.25, 0.3) is 18.1 Å². The Labute approximate surface area is 260 Å². The Morgan fingerprint density at radius 3 is 2.75 bits per heavy atom. The second-order valence-electron chi connectivity index (χ2n) is 13.0. The van der Waals surface area contributed by atoms with E-state index in [2.05, 4.69) is 15.1 Å². The van der Waals surface area contributed by atoms with Gasteiger partial charge in [0, 0.05) is 26.3 Å². The lowest BCUT2D eigenvalue weighted by atomic mass is 9.91. The van der Waals surface area contributed by atoms with Gasteiger partial charge < -0.3 is 29.7 Å². The number of hydrogen-bond donors (Lipinski definition) is 2. The molecule has 7 heterocycles. The third-order valence-electron chi connectivity index (χ3n) is 9.83. The minimum Gasteiger partial charge on any atom is -0.508 e. The van der Waals surface area contributed by atoms with Crippen molar-refractivity contribution in [2.24, 2.45) is 0 Å². The van der Waals surface area contributed by atoms with Gasteiger partial charge in [-0.15, -0.1) is 0 Å². The van der Waals surface area contributed by atoms with Crippen LogP contribution >= 0.6 is 11.6 Å². The van der Waals surface area contributed by atoms with Crippen LogP contribution in [-0.4, -0.2) is 88.5 Å². The number of nitrogens with one attached hydrogen (secondary N) is 1. The molecule has 6 aliphatic rings. The number of alkyl carbamates (subject to hydrolysis) is 1. The number of fused-ring (bicyclic) bond motifs is 6. The lowest BCUT2D eigenvalue weighted by molar-refractivity contribution is 0.107. The van der Waals surface area contributed by atoms with Crippen LogP contribution in [0.2, 0.25) is 5.02 Å². The molecule has 2 atom stereocenters. The second kappa shape index (κ2) is 11.1. The fourth-order valence-corrected chi connectivity index (χ4v) is 8.05. The van der Waals surface area contributed by atoms with Crippen LogP contribution in [0.15, 0.2) is 18.2 Å². The Kier molecular flexibility index (Phi) is 7.36. The van der Waals surface area contributed by atoms with Gasteiger partial charge in [0.15, 0.2) is 5.83 Å². The molecule has 12 heteroatoms. The molecule has 0 saturated carbocycles. The zero-order valence-corrected chi connectivity index (χ0v) is 25.9. The van der Waals surface area contributed by atoms with E-state index >= 15 is 4.39 Å². The molecule has 6 aliphatic heterocycles. The van der Waals surface area contributed by atoms with Crippen LogP contribution in [0.1, 0.15) is 62.6 Å². The number of aromatic nitrogens is 2. The highest BCUT2D eigenvalue weighted by molar-refractivity contribution is 6.32. The van der Waals surface area contributed by atoms with E-state index in [1.54, 1.807) is 24.1 Å². The summed E-state index contributed by atoms with van der Waals surface area (Å²) >= 11 is 6.58. The highest BCUT2D eigenvalue weighted by Crippen LogP contribution is 2.40. The summed E-state index contributed by atoms with van der Waals surface area (Å²) in [5.74, 6) is -0.0243. The molecule has 1 aromatic heterocycles. The maximum absolute atomic E-state index is 17.0. The average Bonchev–Trinajstić information content (AvgIpc) is 3.55. The predicted octanol–water partition coefficient (Wildman–Crippen LogP) is 3.46. The van der Waals surface area contributed by atoms with Crippen molar-refractivity contribution >= 4 is 41.6 Å². The summed E-state index contributed by atoms with van der Waals surface area (Å²) in [5.41, 5.74) is 0.326. The number of nitrogens with zero attached hydrogens (tertiary/aromatic N) is 5. The largest absolute Gasteiger partial charge is 0.508 e. The number of piperidine rings is 1. The molecule has 1 unspecified atom stereocenters. The minimum absolute atomic E-state index is 0.00692. The molecule has 2 N–H and O–H groups in total. The molecule has 0 spiro atoms. The summed E-state index contributed by atoms with van der Waals surface area (Å²) < 4.78 is 28.8. The number of anilines is 1. The van der Waals surface area contributed by atoms with Crippen LogP contribution in [0.4, 0.5) is 15.0 Å². The number of phenolic OH excluding ortho intramolecular Hbond substituents is 1. The maximum atomic E-state index is 17.0. The van der Waals surface area contributed by atoms with Crippen LogP contribution in [-0.2, 0) is 4.74 Å². The van der Waals surface area contributed by atoms with Crippen molar-refractivity contribution in [1.29, 1.82) is 0 Å². The summed E-state index contributed by atoms with van der Waals surface area (Å²) in [7, 11) is 1.79. The molecule has 3 fully saturated rings. The normalized spacial score (nSPS) is 26.9. The topological polar surface area (TPSA) is 103 Å². The smallest absolute Gasteiger partial charge is 0.407 e. The highest BCUT2D eigenvalue weighted by Gasteiger charge is 2.45. The molecule has 1 aromatic carbocycles. The van der Waals surface area contributed by atoms with Gasteiger partial charge in [-0.2, -0.15) is 9.97 Å².